The summed E-state index contributed by atoms with van der Waals surface area (Å²) in [6, 6.07) is 14.6. The third kappa shape index (κ3) is 4.45. The van der Waals surface area contributed by atoms with Crippen LogP contribution in [-0.2, 0) is 6.42 Å². The summed E-state index contributed by atoms with van der Waals surface area (Å²) in [4.78, 5) is 16.5. The van der Waals surface area contributed by atoms with E-state index in [9.17, 15) is 4.79 Å². The molecule has 0 aliphatic heterocycles. The number of benzene rings is 1. The lowest BCUT2D eigenvalue weighted by molar-refractivity contribution is 0.0954. The molecule has 1 heterocycles. The summed E-state index contributed by atoms with van der Waals surface area (Å²) in [5.74, 6) is 1.54. The van der Waals surface area contributed by atoms with Crippen molar-refractivity contribution in [1.82, 2.24) is 15.6 Å². The molecule has 1 aromatic carbocycles. The average Bonchev–Trinajstić information content (AvgIpc) is 3.55. The molecule has 2 aliphatic rings. The Bertz CT molecular complexity index is 710. The van der Waals surface area contributed by atoms with Crippen LogP contribution in [0.3, 0.4) is 0 Å². The van der Waals surface area contributed by atoms with Crippen molar-refractivity contribution >= 4 is 5.91 Å². The van der Waals surface area contributed by atoms with E-state index >= 15 is 0 Å². The lowest BCUT2D eigenvalue weighted by Gasteiger charge is -2.07. The zero-order valence-corrected chi connectivity index (χ0v) is 14.4. The van der Waals surface area contributed by atoms with Crippen LogP contribution in [-0.4, -0.2) is 30.0 Å². The topological polar surface area (TPSA) is 54.0 Å². The lowest BCUT2D eigenvalue weighted by atomic mass is 10.1. The zero-order valence-electron chi connectivity index (χ0n) is 14.4. The molecule has 4 rings (SSSR count). The van der Waals surface area contributed by atoms with Crippen LogP contribution >= 0.6 is 0 Å². The van der Waals surface area contributed by atoms with Gasteiger partial charge in [0, 0.05) is 42.4 Å². The number of aromatic nitrogens is 1. The van der Waals surface area contributed by atoms with Gasteiger partial charge in [-0.1, -0.05) is 18.2 Å². The predicted molar refractivity (Wildman–Crippen MR) is 98.6 cm³/mol. The Morgan fingerprint density at radius 2 is 1.96 bits per heavy atom. The molecule has 0 bridgehead atoms. The van der Waals surface area contributed by atoms with Crippen molar-refractivity contribution in [3.05, 3.63) is 65.5 Å². The first kappa shape index (κ1) is 16.3. The maximum atomic E-state index is 12.2. The number of carbonyl (C=O) groups excluding carboxylic acids is 1. The standard InChI is InChI=1S/C21H25N3O/c25-21(23-12-10-18-3-1-2-11-22-18)17-8-6-16(7-9-17)19-13-20(19)24-14-15-4-5-15/h1-3,6-9,11,15,19-20,24H,4-5,10,12-14H2,(H,23,25)/t19-,20+/m0/s1. The van der Waals surface area contributed by atoms with Crippen LogP contribution in [0.25, 0.3) is 0 Å². The van der Waals surface area contributed by atoms with Gasteiger partial charge in [0.1, 0.15) is 0 Å². The van der Waals surface area contributed by atoms with Crippen molar-refractivity contribution in [1.29, 1.82) is 0 Å². The first-order chi connectivity index (χ1) is 12.3. The van der Waals surface area contributed by atoms with Crippen LogP contribution in [0.5, 0.6) is 0 Å². The number of nitrogens with zero attached hydrogens (tertiary/aromatic N) is 1. The highest BCUT2D eigenvalue weighted by atomic mass is 16.1. The number of amides is 1. The van der Waals surface area contributed by atoms with E-state index in [0.717, 1.165) is 23.6 Å². The van der Waals surface area contributed by atoms with Crippen LogP contribution < -0.4 is 10.6 Å². The van der Waals surface area contributed by atoms with E-state index in [1.54, 1.807) is 6.20 Å². The Hall–Kier alpha value is -2.20. The second-order valence-electron chi connectivity index (χ2n) is 7.25. The van der Waals surface area contributed by atoms with Crippen molar-refractivity contribution < 1.29 is 4.79 Å². The molecule has 4 heteroatoms. The van der Waals surface area contributed by atoms with Gasteiger partial charge in [-0.2, -0.15) is 0 Å². The van der Waals surface area contributed by atoms with E-state index in [-0.39, 0.29) is 5.91 Å². The van der Waals surface area contributed by atoms with E-state index in [1.165, 1.54) is 31.4 Å². The Labute approximate surface area is 149 Å². The van der Waals surface area contributed by atoms with Gasteiger partial charge in [-0.15, -0.1) is 0 Å². The second-order valence-corrected chi connectivity index (χ2v) is 7.25. The van der Waals surface area contributed by atoms with Crippen LogP contribution in [0.15, 0.2) is 48.7 Å². The maximum absolute atomic E-state index is 12.2. The molecule has 0 unspecified atom stereocenters. The molecule has 2 fully saturated rings. The summed E-state index contributed by atoms with van der Waals surface area (Å²) in [6.07, 6.45) is 6.55. The number of hydrogen-bond donors (Lipinski definition) is 2. The Morgan fingerprint density at radius 1 is 1.12 bits per heavy atom. The molecular weight excluding hydrogens is 310 g/mol. The molecule has 2 atom stereocenters. The minimum atomic E-state index is -0.0123. The highest BCUT2D eigenvalue weighted by molar-refractivity contribution is 5.94. The van der Waals surface area contributed by atoms with Crippen molar-refractivity contribution in [2.24, 2.45) is 5.92 Å². The molecule has 1 aromatic heterocycles. The van der Waals surface area contributed by atoms with E-state index < -0.39 is 0 Å². The summed E-state index contributed by atoms with van der Waals surface area (Å²) in [6.45, 7) is 1.78. The van der Waals surface area contributed by atoms with Crippen LogP contribution in [0.1, 0.15) is 46.8 Å². The number of hydrogen-bond acceptors (Lipinski definition) is 3. The summed E-state index contributed by atoms with van der Waals surface area (Å²) in [5, 5.41) is 6.63. The molecular formula is C21H25N3O. The zero-order chi connectivity index (χ0) is 17.1. The van der Waals surface area contributed by atoms with Gasteiger partial charge in [-0.05, 0) is 61.6 Å². The Balaban J connectivity index is 1.23. The second kappa shape index (κ2) is 7.36. The van der Waals surface area contributed by atoms with Crippen LogP contribution in [0, 0.1) is 5.92 Å². The molecule has 0 radical (unpaired) electrons. The van der Waals surface area contributed by atoms with Crippen LogP contribution in [0.2, 0.25) is 0 Å². The van der Waals surface area contributed by atoms with Gasteiger partial charge < -0.3 is 10.6 Å². The van der Waals surface area contributed by atoms with Crippen molar-refractivity contribution in [2.75, 3.05) is 13.1 Å². The average molecular weight is 335 g/mol. The van der Waals surface area contributed by atoms with Gasteiger partial charge in [0.05, 0.1) is 0 Å². The van der Waals surface area contributed by atoms with E-state index in [4.69, 9.17) is 0 Å². The summed E-state index contributed by atoms with van der Waals surface area (Å²) in [7, 11) is 0. The van der Waals surface area contributed by atoms with E-state index in [1.807, 2.05) is 30.3 Å². The third-order valence-electron chi connectivity index (χ3n) is 5.15. The number of carbonyl (C=O) groups is 1. The van der Waals surface area contributed by atoms with Crippen molar-refractivity contribution in [2.45, 2.75) is 37.6 Å². The molecule has 1 amide bonds. The molecule has 2 saturated carbocycles. The first-order valence-corrected chi connectivity index (χ1v) is 9.31. The number of pyridine rings is 1. The quantitative estimate of drug-likeness (QED) is 0.780. The van der Waals surface area contributed by atoms with Gasteiger partial charge in [0.2, 0.25) is 0 Å². The monoisotopic (exact) mass is 335 g/mol. The highest BCUT2D eigenvalue weighted by Crippen LogP contribution is 2.41. The normalized spacial score (nSPS) is 21.8. The van der Waals surface area contributed by atoms with Crippen molar-refractivity contribution in [3.63, 3.8) is 0 Å². The lowest BCUT2D eigenvalue weighted by Crippen LogP contribution is -2.25. The van der Waals surface area contributed by atoms with Gasteiger partial charge >= 0.3 is 0 Å². The molecule has 4 nitrogen and oxygen atoms in total. The molecule has 0 saturated heterocycles. The number of nitrogens with one attached hydrogen (secondary N) is 2. The molecule has 2 N–H and O–H groups in total. The van der Waals surface area contributed by atoms with Gasteiger partial charge in [0.15, 0.2) is 0 Å². The van der Waals surface area contributed by atoms with Crippen molar-refractivity contribution in [3.8, 4) is 0 Å². The predicted octanol–water partition coefficient (Wildman–Crippen LogP) is 2.91. The SMILES string of the molecule is O=C(NCCc1ccccn1)c1ccc([C@@H]2C[C@H]2NCC2CC2)cc1. The van der Waals surface area contributed by atoms with Gasteiger partial charge in [-0.25, -0.2) is 0 Å². The molecule has 2 aliphatic carbocycles. The Kier molecular flexibility index (Phi) is 4.79. The fraction of sp³-hybridized carbons (Fsp3) is 0.429. The van der Waals surface area contributed by atoms with Gasteiger partial charge in [0.25, 0.3) is 5.91 Å². The molecule has 25 heavy (non-hydrogen) atoms. The highest BCUT2D eigenvalue weighted by Gasteiger charge is 2.38. The third-order valence-corrected chi connectivity index (χ3v) is 5.15. The minimum absolute atomic E-state index is 0.0123. The van der Waals surface area contributed by atoms with E-state index in [2.05, 4.69) is 27.8 Å². The number of rotatable bonds is 8. The summed E-state index contributed by atoms with van der Waals surface area (Å²) in [5.41, 5.74) is 3.07. The Morgan fingerprint density at radius 3 is 2.68 bits per heavy atom. The molecule has 130 valence electrons. The molecule has 2 aromatic rings. The summed E-state index contributed by atoms with van der Waals surface area (Å²) < 4.78 is 0. The fourth-order valence-corrected chi connectivity index (χ4v) is 3.26. The van der Waals surface area contributed by atoms with Crippen LogP contribution in [0.4, 0.5) is 0 Å². The molecule has 0 spiro atoms. The summed E-state index contributed by atoms with van der Waals surface area (Å²) >= 11 is 0. The largest absolute Gasteiger partial charge is 0.352 e. The minimum Gasteiger partial charge on any atom is -0.352 e. The first-order valence-electron chi connectivity index (χ1n) is 9.31. The van der Waals surface area contributed by atoms with E-state index in [0.29, 0.717) is 18.5 Å². The maximum Gasteiger partial charge on any atom is 0.251 e. The van der Waals surface area contributed by atoms with Gasteiger partial charge in [-0.3, -0.25) is 9.78 Å². The smallest absolute Gasteiger partial charge is 0.251 e. The fourth-order valence-electron chi connectivity index (χ4n) is 3.26.